The summed E-state index contributed by atoms with van der Waals surface area (Å²) in [6.07, 6.45) is 3.34. The van der Waals surface area contributed by atoms with Crippen LogP contribution in [0, 0.1) is 5.92 Å². The predicted octanol–water partition coefficient (Wildman–Crippen LogP) is 1.47. The van der Waals surface area contributed by atoms with E-state index in [-0.39, 0.29) is 0 Å². The van der Waals surface area contributed by atoms with Gasteiger partial charge in [-0.2, -0.15) is 0 Å². The van der Waals surface area contributed by atoms with Crippen molar-refractivity contribution in [2.24, 2.45) is 5.92 Å². The van der Waals surface area contributed by atoms with E-state index in [4.69, 9.17) is 0 Å². The average molecular weight is 228 g/mol. The Bertz CT molecular complexity index is 198. The number of β-amino-alcohol motifs (C(OH)–C–C–N with tert-alkyl or cyclic N) is 1. The Balaban J connectivity index is 2.32. The van der Waals surface area contributed by atoms with Crippen molar-refractivity contribution in [2.75, 3.05) is 26.7 Å². The van der Waals surface area contributed by atoms with Crippen LogP contribution in [0.4, 0.5) is 0 Å². The number of nitrogens with zero attached hydrogens (tertiary/aromatic N) is 1. The van der Waals surface area contributed by atoms with E-state index < -0.39 is 5.60 Å². The van der Waals surface area contributed by atoms with Gasteiger partial charge in [-0.25, -0.2) is 0 Å². The molecular formula is C13H28N2O. The molecule has 2 N–H and O–H groups in total. The fourth-order valence-electron chi connectivity index (χ4n) is 2.44. The molecule has 1 fully saturated rings. The van der Waals surface area contributed by atoms with Crippen molar-refractivity contribution < 1.29 is 5.11 Å². The van der Waals surface area contributed by atoms with Crippen LogP contribution in [-0.2, 0) is 0 Å². The lowest BCUT2D eigenvalue weighted by Gasteiger charge is -2.38. The zero-order chi connectivity index (χ0) is 12.2. The monoisotopic (exact) mass is 228 g/mol. The summed E-state index contributed by atoms with van der Waals surface area (Å²) in [7, 11) is 2.04. The Hall–Kier alpha value is -0.120. The van der Waals surface area contributed by atoms with Crippen LogP contribution >= 0.6 is 0 Å². The molecule has 0 saturated carbocycles. The van der Waals surface area contributed by atoms with Gasteiger partial charge in [0, 0.05) is 12.6 Å². The summed E-state index contributed by atoms with van der Waals surface area (Å²) in [5.74, 6) is 0.799. The summed E-state index contributed by atoms with van der Waals surface area (Å²) >= 11 is 0. The Kier molecular flexibility index (Phi) is 5.22. The standard InChI is InChI=1S/C13H28N2O/c1-5-13(3,16)10-15-8-6-12(7-9-15)11(2)14-4/h11-12,14,16H,5-10H2,1-4H3. The summed E-state index contributed by atoms with van der Waals surface area (Å²) in [5, 5.41) is 13.4. The lowest BCUT2D eigenvalue weighted by Crippen LogP contribution is -2.46. The van der Waals surface area contributed by atoms with E-state index >= 15 is 0 Å². The number of hydrogen-bond donors (Lipinski definition) is 2. The van der Waals surface area contributed by atoms with E-state index in [1.807, 2.05) is 14.0 Å². The average Bonchev–Trinajstić information content (AvgIpc) is 2.28. The van der Waals surface area contributed by atoms with Gasteiger partial charge in [-0.15, -0.1) is 0 Å². The lowest BCUT2D eigenvalue weighted by molar-refractivity contribution is 0.00513. The Morgan fingerprint density at radius 1 is 1.44 bits per heavy atom. The maximum atomic E-state index is 10.0. The van der Waals surface area contributed by atoms with Gasteiger partial charge in [-0.05, 0) is 59.2 Å². The minimum absolute atomic E-state index is 0.512. The smallest absolute Gasteiger partial charge is 0.0743 e. The van der Waals surface area contributed by atoms with Crippen LogP contribution < -0.4 is 5.32 Å². The van der Waals surface area contributed by atoms with Gasteiger partial charge in [-0.1, -0.05) is 6.92 Å². The fourth-order valence-corrected chi connectivity index (χ4v) is 2.44. The van der Waals surface area contributed by atoms with Gasteiger partial charge in [0.25, 0.3) is 0 Å². The topological polar surface area (TPSA) is 35.5 Å². The second kappa shape index (κ2) is 5.99. The summed E-state index contributed by atoms with van der Waals surface area (Å²) in [4.78, 5) is 2.41. The maximum Gasteiger partial charge on any atom is 0.0743 e. The van der Waals surface area contributed by atoms with Gasteiger partial charge >= 0.3 is 0 Å². The molecule has 3 heteroatoms. The van der Waals surface area contributed by atoms with Gasteiger partial charge in [0.2, 0.25) is 0 Å². The highest BCUT2D eigenvalue weighted by atomic mass is 16.3. The third-order valence-corrected chi connectivity index (χ3v) is 4.12. The van der Waals surface area contributed by atoms with E-state index in [0.29, 0.717) is 6.04 Å². The zero-order valence-corrected chi connectivity index (χ0v) is 11.3. The molecule has 0 aromatic heterocycles. The zero-order valence-electron chi connectivity index (χ0n) is 11.3. The van der Waals surface area contributed by atoms with E-state index in [2.05, 4.69) is 24.1 Å². The van der Waals surface area contributed by atoms with Crippen LogP contribution in [0.5, 0.6) is 0 Å². The van der Waals surface area contributed by atoms with Gasteiger partial charge < -0.3 is 15.3 Å². The molecule has 0 amide bonds. The molecular weight excluding hydrogens is 200 g/mol. The molecule has 1 aliphatic heterocycles. The second-order valence-corrected chi connectivity index (χ2v) is 5.54. The number of piperidine rings is 1. The first kappa shape index (κ1) is 13.9. The number of hydrogen-bond acceptors (Lipinski definition) is 3. The van der Waals surface area contributed by atoms with Gasteiger partial charge in [0.15, 0.2) is 0 Å². The van der Waals surface area contributed by atoms with E-state index in [0.717, 1.165) is 32.0 Å². The molecule has 3 nitrogen and oxygen atoms in total. The first-order chi connectivity index (χ1) is 7.48. The summed E-state index contributed by atoms with van der Waals surface area (Å²) in [6.45, 7) is 9.34. The quantitative estimate of drug-likeness (QED) is 0.748. The molecule has 1 rings (SSSR count). The molecule has 1 aliphatic rings. The molecule has 1 saturated heterocycles. The normalized spacial score (nSPS) is 25.3. The molecule has 0 aromatic carbocycles. The number of aliphatic hydroxyl groups is 1. The van der Waals surface area contributed by atoms with E-state index in [9.17, 15) is 5.11 Å². The molecule has 0 bridgehead atoms. The third kappa shape index (κ3) is 4.04. The van der Waals surface area contributed by atoms with Crippen LogP contribution in [0.3, 0.4) is 0 Å². The Labute approximate surface area is 100 Å². The van der Waals surface area contributed by atoms with Crippen LogP contribution in [-0.4, -0.2) is 48.3 Å². The fraction of sp³-hybridized carbons (Fsp3) is 1.00. The molecule has 96 valence electrons. The van der Waals surface area contributed by atoms with Crippen LogP contribution in [0.15, 0.2) is 0 Å². The molecule has 0 aliphatic carbocycles. The van der Waals surface area contributed by atoms with E-state index in [1.165, 1.54) is 12.8 Å². The summed E-state index contributed by atoms with van der Waals surface area (Å²) < 4.78 is 0. The molecule has 1 heterocycles. The largest absolute Gasteiger partial charge is 0.389 e. The number of nitrogens with one attached hydrogen (secondary N) is 1. The van der Waals surface area contributed by atoms with Gasteiger partial charge in [0.1, 0.15) is 0 Å². The van der Waals surface area contributed by atoms with Crippen molar-refractivity contribution in [3.63, 3.8) is 0 Å². The molecule has 2 atom stereocenters. The van der Waals surface area contributed by atoms with E-state index in [1.54, 1.807) is 0 Å². The molecule has 2 unspecified atom stereocenters. The van der Waals surface area contributed by atoms with Crippen molar-refractivity contribution >= 4 is 0 Å². The highest BCUT2D eigenvalue weighted by molar-refractivity contribution is 4.82. The molecule has 0 aromatic rings. The molecule has 0 radical (unpaired) electrons. The Morgan fingerprint density at radius 3 is 2.44 bits per heavy atom. The first-order valence-corrected chi connectivity index (χ1v) is 6.60. The lowest BCUT2D eigenvalue weighted by atomic mass is 9.89. The van der Waals surface area contributed by atoms with Gasteiger partial charge in [-0.3, -0.25) is 0 Å². The summed E-state index contributed by atoms with van der Waals surface area (Å²) in [5.41, 5.74) is -0.512. The highest BCUT2D eigenvalue weighted by Crippen LogP contribution is 2.22. The number of likely N-dealkylation sites (tertiary alicyclic amines) is 1. The van der Waals surface area contributed by atoms with Crippen molar-refractivity contribution in [1.82, 2.24) is 10.2 Å². The van der Waals surface area contributed by atoms with Crippen LogP contribution in [0.1, 0.15) is 40.0 Å². The Morgan fingerprint density at radius 2 is 2.00 bits per heavy atom. The first-order valence-electron chi connectivity index (χ1n) is 6.60. The van der Waals surface area contributed by atoms with Crippen molar-refractivity contribution in [3.8, 4) is 0 Å². The maximum absolute atomic E-state index is 10.0. The van der Waals surface area contributed by atoms with Crippen molar-refractivity contribution in [3.05, 3.63) is 0 Å². The van der Waals surface area contributed by atoms with Crippen LogP contribution in [0.2, 0.25) is 0 Å². The third-order valence-electron chi connectivity index (χ3n) is 4.12. The molecule has 0 spiro atoms. The summed E-state index contributed by atoms with van der Waals surface area (Å²) in [6, 6.07) is 0.619. The minimum Gasteiger partial charge on any atom is -0.389 e. The molecule has 16 heavy (non-hydrogen) atoms. The number of rotatable bonds is 5. The van der Waals surface area contributed by atoms with Crippen LogP contribution in [0.25, 0.3) is 0 Å². The minimum atomic E-state index is -0.512. The highest BCUT2D eigenvalue weighted by Gasteiger charge is 2.27. The predicted molar refractivity (Wildman–Crippen MR) is 68.6 cm³/mol. The van der Waals surface area contributed by atoms with Crippen molar-refractivity contribution in [2.45, 2.75) is 51.7 Å². The van der Waals surface area contributed by atoms with Crippen molar-refractivity contribution in [1.29, 1.82) is 0 Å². The SMILES string of the molecule is CCC(C)(O)CN1CCC(C(C)NC)CC1. The van der Waals surface area contributed by atoms with Gasteiger partial charge in [0.05, 0.1) is 5.60 Å². The second-order valence-electron chi connectivity index (χ2n) is 5.54.